The number of nitrogens with zero attached hydrogens (tertiary/aromatic N) is 1. The van der Waals surface area contributed by atoms with Gasteiger partial charge in [0.15, 0.2) is 0 Å². The van der Waals surface area contributed by atoms with E-state index in [0.717, 1.165) is 21.7 Å². The van der Waals surface area contributed by atoms with E-state index in [-0.39, 0.29) is 24.6 Å². The standard InChI is InChI=1S/C18H21FN2O3S/c1-14-6-5-7-15(12-14)13-20-18(22)10-11-21(25(2,23)24)17-9-4-3-8-16(17)19/h3-9,12H,10-11,13H2,1-2H3,(H,20,22). The molecule has 0 aliphatic heterocycles. The SMILES string of the molecule is Cc1cccc(CNC(=O)CCN(c2ccccc2F)S(C)(=O)=O)c1. The summed E-state index contributed by atoms with van der Waals surface area (Å²) in [6.45, 7) is 2.20. The quantitative estimate of drug-likeness (QED) is 0.821. The molecule has 2 rings (SSSR count). The maximum Gasteiger partial charge on any atom is 0.232 e. The highest BCUT2D eigenvalue weighted by Gasteiger charge is 2.21. The van der Waals surface area contributed by atoms with Gasteiger partial charge in [0.25, 0.3) is 0 Å². The topological polar surface area (TPSA) is 66.5 Å². The number of nitrogens with one attached hydrogen (secondary N) is 1. The first-order valence-electron chi connectivity index (χ1n) is 7.82. The zero-order valence-electron chi connectivity index (χ0n) is 14.2. The predicted octanol–water partition coefficient (Wildman–Crippen LogP) is 2.61. The maximum atomic E-state index is 13.9. The molecular weight excluding hydrogens is 343 g/mol. The summed E-state index contributed by atoms with van der Waals surface area (Å²) in [4.78, 5) is 12.0. The first-order chi connectivity index (χ1) is 11.8. The smallest absolute Gasteiger partial charge is 0.232 e. The first-order valence-corrected chi connectivity index (χ1v) is 9.66. The minimum absolute atomic E-state index is 0.0588. The highest BCUT2D eigenvalue weighted by Crippen LogP contribution is 2.21. The normalized spacial score (nSPS) is 11.2. The van der Waals surface area contributed by atoms with Crippen molar-refractivity contribution < 1.29 is 17.6 Å². The second-order valence-corrected chi connectivity index (χ2v) is 7.71. The molecule has 0 saturated heterocycles. The van der Waals surface area contributed by atoms with Crippen LogP contribution in [-0.4, -0.2) is 27.1 Å². The summed E-state index contributed by atoms with van der Waals surface area (Å²) in [6.07, 6.45) is 0.928. The maximum absolute atomic E-state index is 13.9. The van der Waals surface area contributed by atoms with E-state index in [1.165, 1.54) is 18.2 Å². The molecule has 0 aliphatic rings. The van der Waals surface area contributed by atoms with Gasteiger partial charge in [-0.3, -0.25) is 9.10 Å². The summed E-state index contributed by atoms with van der Waals surface area (Å²) in [5.74, 6) is -0.945. The Morgan fingerprint density at radius 2 is 1.88 bits per heavy atom. The second kappa shape index (κ2) is 8.11. The number of para-hydroxylation sites is 1. The molecule has 5 nitrogen and oxygen atoms in total. The van der Waals surface area contributed by atoms with E-state index < -0.39 is 15.8 Å². The predicted molar refractivity (Wildman–Crippen MR) is 96.2 cm³/mol. The summed E-state index contributed by atoms with van der Waals surface area (Å²) in [7, 11) is -3.70. The Hall–Kier alpha value is -2.41. The van der Waals surface area contributed by atoms with E-state index in [2.05, 4.69) is 5.32 Å². The summed E-state index contributed by atoms with van der Waals surface area (Å²) in [5.41, 5.74) is 1.99. The van der Waals surface area contributed by atoms with Gasteiger partial charge in [-0.05, 0) is 24.6 Å². The number of benzene rings is 2. The molecule has 25 heavy (non-hydrogen) atoms. The van der Waals surface area contributed by atoms with Crippen molar-refractivity contribution in [3.63, 3.8) is 0 Å². The number of hydrogen-bond acceptors (Lipinski definition) is 3. The average molecular weight is 364 g/mol. The molecular formula is C18H21FN2O3S. The van der Waals surface area contributed by atoms with Gasteiger partial charge in [-0.25, -0.2) is 12.8 Å². The third-order valence-electron chi connectivity index (χ3n) is 3.64. The molecule has 0 fully saturated rings. The van der Waals surface area contributed by atoms with Gasteiger partial charge in [0, 0.05) is 19.5 Å². The lowest BCUT2D eigenvalue weighted by Gasteiger charge is -2.22. The van der Waals surface area contributed by atoms with Crippen molar-refractivity contribution in [2.24, 2.45) is 0 Å². The van der Waals surface area contributed by atoms with Gasteiger partial charge in [0.1, 0.15) is 5.82 Å². The van der Waals surface area contributed by atoms with Crippen LogP contribution in [0.5, 0.6) is 0 Å². The molecule has 0 spiro atoms. The zero-order chi connectivity index (χ0) is 18.4. The Morgan fingerprint density at radius 3 is 2.52 bits per heavy atom. The Labute approximate surface area is 147 Å². The monoisotopic (exact) mass is 364 g/mol. The Balaban J connectivity index is 1.99. The lowest BCUT2D eigenvalue weighted by atomic mass is 10.1. The third-order valence-corrected chi connectivity index (χ3v) is 4.82. The van der Waals surface area contributed by atoms with E-state index in [1.807, 2.05) is 31.2 Å². The third kappa shape index (κ3) is 5.56. The zero-order valence-corrected chi connectivity index (χ0v) is 15.0. The molecule has 2 aromatic rings. The highest BCUT2D eigenvalue weighted by atomic mass is 32.2. The van der Waals surface area contributed by atoms with E-state index in [1.54, 1.807) is 6.07 Å². The minimum atomic E-state index is -3.70. The molecule has 0 bridgehead atoms. The Morgan fingerprint density at radius 1 is 1.16 bits per heavy atom. The molecule has 0 unspecified atom stereocenters. The molecule has 0 atom stereocenters. The van der Waals surface area contributed by atoms with Crippen molar-refractivity contribution in [3.8, 4) is 0 Å². The fraction of sp³-hybridized carbons (Fsp3) is 0.278. The highest BCUT2D eigenvalue weighted by molar-refractivity contribution is 7.92. The van der Waals surface area contributed by atoms with Crippen LogP contribution in [-0.2, 0) is 21.4 Å². The molecule has 2 aromatic carbocycles. The van der Waals surface area contributed by atoms with E-state index in [9.17, 15) is 17.6 Å². The van der Waals surface area contributed by atoms with Gasteiger partial charge in [-0.15, -0.1) is 0 Å². The minimum Gasteiger partial charge on any atom is -0.352 e. The molecule has 0 aliphatic carbocycles. The number of hydrogen-bond donors (Lipinski definition) is 1. The van der Waals surface area contributed by atoms with Crippen molar-refractivity contribution in [2.45, 2.75) is 19.9 Å². The molecule has 1 N–H and O–H groups in total. The van der Waals surface area contributed by atoms with Crippen LogP contribution in [0, 0.1) is 12.7 Å². The van der Waals surface area contributed by atoms with E-state index in [0.29, 0.717) is 6.54 Å². The number of sulfonamides is 1. The number of amides is 1. The van der Waals surface area contributed by atoms with Crippen LogP contribution in [0.3, 0.4) is 0 Å². The van der Waals surface area contributed by atoms with Crippen LogP contribution in [0.15, 0.2) is 48.5 Å². The van der Waals surface area contributed by atoms with Crippen LogP contribution in [0.25, 0.3) is 0 Å². The van der Waals surface area contributed by atoms with Gasteiger partial charge in [-0.2, -0.15) is 0 Å². The van der Waals surface area contributed by atoms with Gasteiger partial charge in [-0.1, -0.05) is 42.0 Å². The number of carbonyl (C=O) groups excluding carboxylic acids is 1. The Kier molecular flexibility index (Phi) is 6.14. The fourth-order valence-corrected chi connectivity index (χ4v) is 3.36. The first kappa shape index (κ1) is 18.9. The molecule has 0 heterocycles. The van der Waals surface area contributed by atoms with Crippen molar-refractivity contribution in [1.82, 2.24) is 5.32 Å². The lowest BCUT2D eigenvalue weighted by molar-refractivity contribution is -0.121. The number of carbonyl (C=O) groups is 1. The van der Waals surface area contributed by atoms with Crippen LogP contribution < -0.4 is 9.62 Å². The summed E-state index contributed by atoms with van der Waals surface area (Å²) < 4.78 is 38.7. The van der Waals surface area contributed by atoms with Gasteiger partial charge >= 0.3 is 0 Å². The molecule has 0 radical (unpaired) electrons. The van der Waals surface area contributed by atoms with Crippen molar-refractivity contribution in [2.75, 3.05) is 17.1 Å². The summed E-state index contributed by atoms with van der Waals surface area (Å²) in [5, 5.41) is 2.74. The van der Waals surface area contributed by atoms with Crippen molar-refractivity contribution in [1.29, 1.82) is 0 Å². The lowest BCUT2D eigenvalue weighted by Crippen LogP contribution is -2.35. The largest absolute Gasteiger partial charge is 0.352 e. The molecule has 134 valence electrons. The van der Waals surface area contributed by atoms with E-state index in [4.69, 9.17) is 0 Å². The number of rotatable bonds is 7. The van der Waals surface area contributed by atoms with Crippen LogP contribution in [0.2, 0.25) is 0 Å². The second-order valence-electron chi connectivity index (χ2n) is 5.80. The molecule has 7 heteroatoms. The van der Waals surface area contributed by atoms with Crippen LogP contribution >= 0.6 is 0 Å². The van der Waals surface area contributed by atoms with Crippen molar-refractivity contribution in [3.05, 3.63) is 65.5 Å². The van der Waals surface area contributed by atoms with Crippen LogP contribution in [0.4, 0.5) is 10.1 Å². The number of anilines is 1. The van der Waals surface area contributed by atoms with E-state index >= 15 is 0 Å². The summed E-state index contributed by atoms with van der Waals surface area (Å²) in [6, 6.07) is 13.3. The van der Waals surface area contributed by atoms with Crippen molar-refractivity contribution >= 4 is 21.6 Å². The van der Waals surface area contributed by atoms with Gasteiger partial charge < -0.3 is 5.32 Å². The van der Waals surface area contributed by atoms with Gasteiger partial charge in [0.05, 0.1) is 11.9 Å². The molecule has 1 amide bonds. The summed E-state index contributed by atoms with van der Waals surface area (Å²) >= 11 is 0. The Bertz CT molecular complexity index is 853. The molecule has 0 saturated carbocycles. The average Bonchev–Trinajstić information content (AvgIpc) is 2.53. The number of halogens is 1. The number of aryl methyl sites for hydroxylation is 1. The van der Waals surface area contributed by atoms with Crippen LogP contribution in [0.1, 0.15) is 17.5 Å². The van der Waals surface area contributed by atoms with Gasteiger partial charge in [0.2, 0.25) is 15.9 Å². The fourth-order valence-electron chi connectivity index (χ4n) is 2.43. The molecule has 0 aromatic heterocycles.